The first kappa shape index (κ1) is 23.7. The Labute approximate surface area is 211 Å². The molecule has 1 amide bonds. The van der Waals surface area contributed by atoms with Gasteiger partial charge in [0.2, 0.25) is 5.91 Å². The smallest absolute Gasteiger partial charge is 0.343 e. The van der Waals surface area contributed by atoms with Crippen molar-refractivity contribution in [1.29, 1.82) is 0 Å². The summed E-state index contributed by atoms with van der Waals surface area (Å²) in [6.45, 7) is 6.67. The van der Waals surface area contributed by atoms with E-state index in [1.54, 1.807) is 35.4 Å². The Morgan fingerprint density at radius 1 is 1.24 bits per heavy atom. The number of amides is 1. The van der Waals surface area contributed by atoms with Crippen LogP contribution < -0.4 is 10.9 Å². The minimum absolute atomic E-state index is 0.0388. The molecule has 9 nitrogen and oxygen atoms in total. The van der Waals surface area contributed by atoms with Crippen LogP contribution >= 0.6 is 0 Å². The molecule has 6 rings (SSSR count). The number of piperazine rings is 1. The largest absolute Gasteiger partial charge is 0.458 e. The lowest BCUT2D eigenvalue weighted by molar-refractivity contribution is -0.172. The minimum atomic E-state index is -1.94. The number of benzene rings is 1. The lowest BCUT2D eigenvalue weighted by Crippen LogP contribution is -2.49. The highest BCUT2D eigenvalue weighted by Gasteiger charge is 2.45. The standard InChI is InChI=1S/C27H27FN4O5/c1-4-27(36)18-8-21-24-16(11-32(21)25(34)17(18)12-37-26(27)35)23(14(3)31-6-5-29-10-22(31)33)15-7-13(2)19(28)9-20(15)30-24/h7-9,14,29,36H,4-6,10-12H2,1-3H3/t14-,27+/m1/s1. The number of aromatic nitrogens is 2. The number of fused-ring (bicyclic) bond motifs is 5. The number of cyclic esters (lactones) is 1. The quantitative estimate of drug-likeness (QED) is 0.409. The third-order valence-electron chi connectivity index (χ3n) is 8.02. The van der Waals surface area contributed by atoms with Gasteiger partial charge >= 0.3 is 5.97 Å². The zero-order valence-corrected chi connectivity index (χ0v) is 20.9. The summed E-state index contributed by atoms with van der Waals surface area (Å²) in [7, 11) is 0. The zero-order valence-electron chi connectivity index (χ0n) is 20.9. The molecule has 2 atom stereocenters. The van der Waals surface area contributed by atoms with Crippen molar-refractivity contribution in [3.8, 4) is 11.4 Å². The predicted molar refractivity (Wildman–Crippen MR) is 132 cm³/mol. The first-order valence-corrected chi connectivity index (χ1v) is 12.5. The van der Waals surface area contributed by atoms with Gasteiger partial charge < -0.3 is 24.6 Å². The normalized spacial score (nSPS) is 21.5. The predicted octanol–water partition coefficient (Wildman–Crippen LogP) is 2.02. The molecule has 1 aromatic carbocycles. The molecule has 192 valence electrons. The van der Waals surface area contributed by atoms with E-state index in [0.29, 0.717) is 35.6 Å². The van der Waals surface area contributed by atoms with Gasteiger partial charge in [-0.05, 0) is 43.5 Å². The first-order chi connectivity index (χ1) is 17.7. The van der Waals surface area contributed by atoms with Crippen LogP contribution in [-0.4, -0.2) is 51.1 Å². The number of esters is 1. The first-order valence-electron chi connectivity index (χ1n) is 12.5. The fourth-order valence-electron chi connectivity index (χ4n) is 5.90. The van der Waals surface area contributed by atoms with E-state index in [9.17, 15) is 23.9 Å². The van der Waals surface area contributed by atoms with Gasteiger partial charge in [0.15, 0.2) is 5.60 Å². The van der Waals surface area contributed by atoms with E-state index in [-0.39, 0.29) is 54.8 Å². The molecule has 0 saturated carbocycles. The van der Waals surface area contributed by atoms with Crippen molar-refractivity contribution in [3.63, 3.8) is 0 Å². The molecule has 0 aliphatic carbocycles. The topological polar surface area (TPSA) is 114 Å². The number of ether oxygens (including phenoxy) is 1. The van der Waals surface area contributed by atoms with Gasteiger partial charge in [-0.1, -0.05) is 6.92 Å². The number of hydrogen-bond acceptors (Lipinski definition) is 7. The average molecular weight is 507 g/mol. The maximum absolute atomic E-state index is 14.7. The van der Waals surface area contributed by atoms with E-state index in [1.807, 2.05) is 6.92 Å². The summed E-state index contributed by atoms with van der Waals surface area (Å²) in [5.41, 5.74) is 1.54. The summed E-state index contributed by atoms with van der Waals surface area (Å²) in [6.07, 6.45) is 0.0393. The van der Waals surface area contributed by atoms with Crippen LogP contribution in [0.4, 0.5) is 4.39 Å². The molecule has 0 spiro atoms. The third-order valence-corrected chi connectivity index (χ3v) is 8.02. The minimum Gasteiger partial charge on any atom is -0.458 e. The molecule has 10 heteroatoms. The number of rotatable bonds is 3. The highest BCUT2D eigenvalue weighted by molar-refractivity contribution is 5.91. The number of nitrogens with zero attached hydrogens (tertiary/aromatic N) is 3. The fourth-order valence-corrected chi connectivity index (χ4v) is 5.90. The molecule has 5 heterocycles. The van der Waals surface area contributed by atoms with Crippen molar-refractivity contribution in [2.45, 2.75) is 52.0 Å². The Hall–Kier alpha value is -3.63. The Bertz CT molecular complexity index is 1580. The number of pyridine rings is 2. The lowest BCUT2D eigenvalue weighted by Gasteiger charge is -2.34. The molecular formula is C27H27FN4O5. The van der Waals surface area contributed by atoms with E-state index in [0.717, 1.165) is 16.5 Å². The number of carbonyl (C=O) groups is 2. The van der Waals surface area contributed by atoms with E-state index in [1.165, 1.54) is 6.07 Å². The van der Waals surface area contributed by atoms with Gasteiger partial charge in [-0.2, -0.15) is 0 Å². The Balaban J connectivity index is 1.64. The SMILES string of the molecule is CC[C@@]1(O)C(=O)OCc2c1cc1n(c2=O)Cc2c-1nc1cc(F)c(C)cc1c2[C@@H](C)N1CCNCC1=O. The molecular weight excluding hydrogens is 479 g/mol. The second kappa shape index (κ2) is 8.19. The number of carbonyl (C=O) groups excluding carboxylic acids is 2. The number of aryl methyl sites for hydroxylation is 1. The summed E-state index contributed by atoms with van der Waals surface area (Å²) >= 11 is 0. The number of halogens is 1. The van der Waals surface area contributed by atoms with Crippen LogP contribution in [0.15, 0.2) is 23.0 Å². The van der Waals surface area contributed by atoms with Crippen molar-refractivity contribution in [2.24, 2.45) is 0 Å². The van der Waals surface area contributed by atoms with Gasteiger partial charge in [-0.3, -0.25) is 9.59 Å². The lowest BCUT2D eigenvalue weighted by atomic mass is 9.86. The van der Waals surface area contributed by atoms with Crippen molar-refractivity contribution in [2.75, 3.05) is 19.6 Å². The zero-order chi connectivity index (χ0) is 26.2. The van der Waals surface area contributed by atoms with E-state index < -0.39 is 17.4 Å². The summed E-state index contributed by atoms with van der Waals surface area (Å²) < 4.78 is 21.4. The van der Waals surface area contributed by atoms with Gasteiger partial charge in [0.1, 0.15) is 12.4 Å². The highest BCUT2D eigenvalue weighted by Crippen LogP contribution is 2.43. The summed E-state index contributed by atoms with van der Waals surface area (Å²) in [5, 5.41) is 15.0. The number of aliphatic hydroxyl groups is 1. The Morgan fingerprint density at radius 2 is 2.03 bits per heavy atom. The van der Waals surface area contributed by atoms with Crippen LogP contribution in [0.5, 0.6) is 0 Å². The molecule has 1 saturated heterocycles. The maximum atomic E-state index is 14.7. The van der Waals surface area contributed by atoms with Crippen LogP contribution in [0.2, 0.25) is 0 Å². The van der Waals surface area contributed by atoms with Crippen molar-refractivity contribution >= 4 is 22.8 Å². The highest BCUT2D eigenvalue weighted by atomic mass is 19.1. The van der Waals surface area contributed by atoms with Crippen molar-refractivity contribution < 1.29 is 23.8 Å². The molecule has 2 aromatic heterocycles. The van der Waals surface area contributed by atoms with Crippen LogP contribution in [0.3, 0.4) is 0 Å². The van der Waals surface area contributed by atoms with Gasteiger partial charge in [0, 0.05) is 35.7 Å². The van der Waals surface area contributed by atoms with E-state index >= 15 is 0 Å². The number of nitrogens with one attached hydrogen (secondary N) is 1. The number of hydrogen-bond donors (Lipinski definition) is 2. The average Bonchev–Trinajstić information content (AvgIpc) is 3.24. The van der Waals surface area contributed by atoms with Crippen LogP contribution in [0.1, 0.15) is 54.1 Å². The monoisotopic (exact) mass is 506 g/mol. The third kappa shape index (κ3) is 3.28. The van der Waals surface area contributed by atoms with Crippen LogP contribution in [0.25, 0.3) is 22.3 Å². The molecule has 3 aliphatic rings. The summed E-state index contributed by atoms with van der Waals surface area (Å²) in [6, 6.07) is 4.41. The Kier molecular flexibility index (Phi) is 5.26. The van der Waals surface area contributed by atoms with Crippen LogP contribution in [0, 0.1) is 12.7 Å². The second-order valence-electron chi connectivity index (χ2n) is 10.0. The fraction of sp³-hybridized carbons (Fsp3) is 0.407. The molecule has 0 bridgehead atoms. The summed E-state index contributed by atoms with van der Waals surface area (Å²) in [4.78, 5) is 45.5. The molecule has 2 N–H and O–H groups in total. The molecule has 0 unspecified atom stereocenters. The van der Waals surface area contributed by atoms with Crippen molar-refractivity contribution in [1.82, 2.24) is 19.8 Å². The van der Waals surface area contributed by atoms with Gasteiger partial charge in [-0.25, -0.2) is 14.2 Å². The second-order valence-corrected chi connectivity index (χ2v) is 10.0. The van der Waals surface area contributed by atoms with Gasteiger partial charge in [0.05, 0.1) is 41.6 Å². The van der Waals surface area contributed by atoms with Gasteiger partial charge in [-0.15, -0.1) is 0 Å². The Morgan fingerprint density at radius 3 is 2.76 bits per heavy atom. The molecule has 3 aromatic rings. The van der Waals surface area contributed by atoms with E-state index in [4.69, 9.17) is 9.72 Å². The molecule has 0 radical (unpaired) electrons. The van der Waals surface area contributed by atoms with E-state index in [2.05, 4.69) is 5.32 Å². The molecule has 1 fully saturated rings. The van der Waals surface area contributed by atoms with Gasteiger partial charge in [0.25, 0.3) is 5.56 Å². The summed E-state index contributed by atoms with van der Waals surface area (Å²) in [5.74, 6) is -1.23. The molecule has 37 heavy (non-hydrogen) atoms. The van der Waals surface area contributed by atoms with Crippen molar-refractivity contribution in [3.05, 3.63) is 62.2 Å². The maximum Gasteiger partial charge on any atom is 0.343 e. The molecule has 3 aliphatic heterocycles. The van der Waals surface area contributed by atoms with Crippen LogP contribution in [-0.2, 0) is 33.1 Å².